The van der Waals surface area contributed by atoms with E-state index in [2.05, 4.69) is 0 Å². The van der Waals surface area contributed by atoms with Gasteiger partial charge in [0.25, 0.3) is 5.91 Å². The van der Waals surface area contributed by atoms with E-state index in [4.69, 9.17) is 21.1 Å². The second kappa shape index (κ2) is 7.88. The predicted octanol–water partition coefficient (Wildman–Crippen LogP) is 1.40. The molecule has 0 spiro atoms. The second-order valence-corrected chi connectivity index (χ2v) is 9.80. The Morgan fingerprint density at radius 3 is 2.50 bits per heavy atom. The van der Waals surface area contributed by atoms with Crippen molar-refractivity contribution in [3.05, 3.63) is 15.3 Å². The number of hydrogen-bond donors (Lipinski definition) is 0. The van der Waals surface area contributed by atoms with Crippen LogP contribution in [0, 0.1) is 0 Å². The van der Waals surface area contributed by atoms with Crippen LogP contribution < -0.4 is 0 Å². The molecule has 0 aliphatic carbocycles. The quantitative estimate of drug-likeness (QED) is 0.637. The third kappa shape index (κ3) is 3.83. The number of ether oxygens (including phenoxy) is 2. The molecule has 0 saturated carbocycles. The molecule has 0 unspecified atom stereocenters. The maximum Gasteiger partial charge on any atom is 0.410 e. The van der Waals surface area contributed by atoms with Crippen LogP contribution in [0.5, 0.6) is 0 Å². The van der Waals surface area contributed by atoms with E-state index in [-0.39, 0.29) is 33.4 Å². The molecule has 154 valence electrons. The summed E-state index contributed by atoms with van der Waals surface area (Å²) in [5, 5.41) is 1.30. The lowest BCUT2D eigenvalue weighted by molar-refractivity contribution is -0.145. The minimum atomic E-state index is -3.51. The van der Waals surface area contributed by atoms with E-state index in [1.807, 2.05) is 0 Å². The molecule has 0 radical (unpaired) electrons. The SMILES string of the molecule is COC(=O)[C@H]1COC(=O)N1C1CCN(C(=O)c2scc(S(C)(=O)=O)c2Cl)CC1. The highest BCUT2D eigenvalue weighted by molar-refractivity contribution is 7.91. The van der Waals surface area contributed by atoms with Crippen molar-refractivity contribution in [3.8, 4) is 0 Å². The molecule has 3 heterocycles. The number of likely N-dealkylation sites (tertiary alicyclic amines) is 1. The van der Waals surface area contributed by atoms with Gasteiger partial charge in [-0.2, -0.15) is 0 Å². The first-order chi connectivity index (χ1) is 13.1. The molecule has 2 saturated heterocycles. The van der Waals surface area contributed by atoms with Crippen molar-refractivity contribution in [2.75, 3.05) is 33.1 Å². The molecule has 12 heteroatoms. The number of methoxy groups -OCH3 is 1. The highest BCUT2D eigenvalue weighted by Crippen LogP contribution is 2.33. The number of cyclic esters (lactones) is 1. The number of halogens is 1. The summed E-state index contributed by atoms with van der Waals surface area (Å²) >= 11 is 7.10. The molecule has 2 amide bonds. The monoisotopic (exact) mass is 450 g/mol. The molecule has 0 bridgehead atoms. The third-order valence-corrected chi connectivity index (χ3v) is 7.68. The Hall–Kier alpha value is -1.85. The summed E-state index contributed by atoms with van der Waals surface area (Å²) in [6, 6.07) is -1.04. The summed E-state index contributed by atoms with van der Waals surface area (Å²) in [6.07, 6.45) is 1.37. The van der Waals surface area contributed by atoms with Crippen LogP contribution in [0.4, 0.5) is 4.79 Å². The van der Waals surface area contributed by atoms with E-state index in [1.54, 1.807) is 4.90 Å². The van der Waals surface area contributed by atoms with Gasteiger partial charge in [-0.15, -0.1) is 11.3 Å². The van der Waals surface area contributed by atoms with Gasteiger partial charge in [0.2, 0.25) is 0 Å². The number of thiophene rings is 1. The van der Waals surface area contributed by atoms with E-state index >= 15 is 0 Å². The van der Waals surface area contributed by atoms with Crippen molar-refractivity contribution < 1.29 is 32.3 Å². The summed E-state index contributed by atoms with van der Waals surface area (Å²) in [7, 11) is -2.26. The Kier molecular flexibility index (Phi) is 5.87. The number of esters is 1. The summed E-state index contributed by atoms with van der Waals surface area (Å²) in [4.78, 5) is 39.7. The summed E-state index contributed by atoms with van der Waals surface area (Å²) in [5.74, 6) is -0.889. The zero-order chi connectivity index (χ0) is 20.6. The highest BCUT2D eigenvalue weighted by atomic mass is 35.5. The minimum Gasteiger partial charge on any atom is -0.467 e. The Morgan fingerprint density at radius 2 is 1.96 bits per heavy atom. The van der Waals surface area contributed by atoms with Crippen LogP contribution >= 0.6 is 22.9 Å². The number of carbonyl (C=O) groups excluding carboxylic acids is 3. The number of carbonyl (C=O) groups is 3. The topological polar surface area (TPSA) is 110 Å². The van der Waals surface area contributed by atoms with E-state index in [0.29, 0.717) is 25.9 Å². The van der Waals surface area contributed by atoms with Crippen LogP contribution in [0.15, 0.2) is 10.3 Å². The fourth-order valence-electron chi connectivity index (χ4n) is 3.37. The number of sulfone groups is 1. The molecular weight excluding hydrogens is 432 g/mol. The van der Waals surface area contributed by atoms with Gasteiger partial charge in [0.15, 0.2) is 15.9 Å². The first kappa shape index (κ1) is 20.9. The van der Waals surface area contributed by atoms with Gasteiger partial charge in [-0.3, -0.25) is 9.69 Å². The van der Waals surface area contributed by atoms with E-state index in [9.17, 15) is 22.8 Å². The zero-order valence-corrected chi connectivity index (χ0v) is 17.6. The predicted molar refractivity (Wildman–Crippen MR) is 100 cm³/mol. The van der Waals surface area contributed by atoms with Crippen LogP contribution in [-0.2, 0) is 24.1 Å². The number of rotatable bonds is 4. The van der Waals surface area contributed by atoms with Gasteiger partial charge in [-0.25, -0.2) is 18.0 Å². The highest BCUT2D eigenvalue weighted by Gasteiger charge is 2.44. The summed E-state index contributed by atoms with van der Waals surface area (Å²) in [5.41, 5.74) is 0. The first-order valence-corrected chi connectivity index (χ1v) is 11.6. The molecule has 1 atom stereocenters. The smallest absolute Gasteiger partial charge is 0.410 e. The van der Waals surface area contributed by atoms with Crippen LogP contribution in [0.25, 0.3) is 0 Å². The van der Waals surface area contributed by atoms with Crippen LogP contribution in [0.2, 0.25) is 5.02 Å². The van der Waals surface area contributed by atoms with Crippen molar-refractivity contribution in [1.29, 1.82) is 0 Å². The normalized spacial score (nSPS) is 21.0. The summed E-state index contributed by atoms with van der Waals surface area (Å²) < 4.78 is 33.1. The third-order valence-electron chi connectivity index (χ3n) is 4.82. The van der Waals surface area contributed by atoms with Gasteiger partial charge < -0.3 is 14.4 Å². The summed E-state index contributed by atoms with van der Waals surface area (Å²) in [6.45, 7) is 0.622. The number of nitrogens with zero attached hydrogens (tertiary/aromatic N) is 2. The fourth-order valence-corrected chi connectivity index (χ4v) is 6.24. The Labute approximate surface area is 171 Å². The van der Waals surface area contributed by atoms with E-state index in [0.717, 1.165) is 17.6 Å². The largest absolute Gasteiger partial charge is 0.467 e. The van der Waals surface area contributed by atoms with Gasteiger partial charge in [0.05, 0.1) is 17.0 Å². The van der Waals surface area contributed by atoms with Crippen molar-refractivity contribution in [2.45, 2.75) is 29.8 Å². The van der Waals surface area contributed by atoms with Crippen molar-refractivity contribution in [3.63, 3.8) is 0 Å². The molecule has 1 aromatic heterocycles. The molecule has 28 heavy (non-hydrogen) atoms. The number of hydrogen-bond acceptors (Lipinski definition) is 8. The molecule has 2 aliphatic heterocycles. The van der Waals surface area contributed by atoms with Gasteiger partial charge >= 0.3 is 12.1 Å². The van der Waals surface area contributed by atoms with Crippen molar-refractivity contribution in [1.82, 2.24) is 9.80 Å². The van der Waals surface area contributed by atoms with Crippen LogP contribution in [0.1, 0.15) is 22.5 Å². The fraction of sp³-hybridized carbons (Fsp3) is 0.562. The Morgan fingerprint density at radius 1 is 1.32 bits per heavy atom. The molecule has 0 aromatic carbocycles. The average Bonchev–Trinajstić information content (AvgIpc) is 3.23. The van der Waals surface area contributed by atoms with Gasteiger partial charge in [0, 0.05) is 30.8 Å². The zero-order valence-electron chi connectivity index (χ0n) is 15.2. The van der Waals surface area contributed by atoms with Gasteiger partial charge in [-0.05, 0) is 12.8 Å². The lowest BCUT2D eigenvalue weighted by Crippen LogP contribution is -2.51. The molecule has 0 N–H and O–H groups in total. The maximum absolute atomic E-state index is 12.7. The van der Waals surface area contributed by atoms with Gasteiger partial charge in [0.1, 0.15) is 11.5 Å². The van der Waals surface area contributed by atoms with Crippen molar-refractivity contribution >= 4 is 50.7 Å². The van der Waals surface area contributed by atoms with Crippen LogP contribution in [0.3, 0.4) is 0 Å². The number of piperidine rings is 1. The first-order valence-electron chi connectivity index (χ1n) is 8.44. The van der Waals surface area contributed by atoms with Gasteiger partial charge in [-0.1, -0.05) is 11.6 Å². The van der Waals surface area contributed by atoms with Crippen LogP contribution in [-0.4, -0.2) is 81.3 Å². The van der Waals surface area contributed by atoms with E-state index in [1.165, 1.54) is 17.4 Å². The van der Waals surface area contributed by atoms with Crippen molar-refractivity contribution in [2.24, 2.45) is 0 Å². The lowest BCUT2D eigenvalue weighted by atomic mass is 10.0. The molecule has 3 rings (SSSR count). The molecule has 1 aromatic rings. The van der Waals surface area contributed by atoms with E-state index < -0.39 is 27.9 Å². The average molecular weight is 451 g/mol. The molecule has 9 nitrogen and oxygen atoms in total. The lowest BCUT2D eigenvalue weighted by Gasteiger charge is -2.37. The molecule has 2 aliphatic rings. The number of amides is 2. The minimum absolute atomic E-state index is 0.0519. The standard InChI is InChI=1S/C16H19ClN2O7S2/c1-25-15(21)10-7-26-16(22)19(10)9-3-5-18(6-4-9)14(20)13-12(17)11(8-27-13)28(2,23)24/h8-10H,3-7H2,1-2H3/t10-/m1/s1. The molecule has 2 fully saturated rings. The second-order valence-electron chi connectivity index (χ2n) is 6.56. The molecular formula is C16H19ClN2O7S2. The maximum atomic E-state index is 12.7. The Bertz CT molecular complexity index is 906. The Balaban J connectivity index is 1.69.